The molecule has 1 amide bonds. The van der Waals surface area contributed by atoms with Crippen molar-refractivity contribution in [1.29, 1.82) is 0 Å². The molecule has 2 N–H and O–H groups in total. The van der Waals surface area contributed by atoms with Crippen molar-refractivity contribution in [2.45, 2.75) is 13.3 Å². The van der Waals surface area contributed by atoms with Crippen molar-refractivity contribution in [2.75, 3.05) is 5.32 Å². The minimum atomic E-state index is -0.172. The predicted octanol–water partition coefficient (Wildman–Crippen LogP) is 5.49. The molecule has 0 radical (unpaired) electrons. The number of nitrogens with zero attached hydrogens (tertiary/aromatic N) is 1. The van der Waals surface area contributed by atoms with E-state index in [1.165, 1.54) is 0 Å². The number of carbonyl (C=O) groups is 1. The first-order valence-corrected chi connectivity index (χ1v) is 9.42. The van der Waals surface area contributed by atoms with Gasteiger partial charge in [-0.15, -0.1) is 11.3 Å². The molecule has 0 aliphatic rings. The summed E-state index contributed by atoms with van der Waals surface area (Å²) < 4.78 is 1.07. The molecule has 0 saturated heterocycles. The summed E-state index contributed by atoms with van der Waals surface area (Å²) in [4.78, 5) is 16.1. The maximum atomic E-state index is 11.4. The largest absolute Gasteiger partial charge is 0.331 e. The van der Waals surface area contributed by atoms with Gasteiger partial charge in [0.05, 0.1) is 25.9 Å². The molecule has 8 heteroatoms. The van der Waals surface area contributed by atoms with E-state index in [-0.39, 0.29) is 11.0 Å². The predicted molar refractivity (Wildman–Crippen MR) is 110 cm³/mol. The highest BCUT2D eigenvalue weighted by Crippen LogP contribution is 2.38. The lowest BCUT2D eigenvalue weighted by Gasteiger charge is -2.12. The van der Waals surface area contributed by atoms with Gasteiger partial charge in [0, 0.05) is 12.0 Å². The first-order chi connectivity index (χ1) is 12.0. The molecule has 0 unspecified atom stereocenters. The Morgan fingerprint density at radius 2 is 2.00 bits per heavy atom. The zero-order chi connectivity index (χ0) is 18.0. The Bertz CT molecular complexity index is 939. The third-order valence-electron chi connectivity index (χ3n) is 3.40. The minimum absolute atomic E-state index is 0.172. The summed E-state index contributed by atoms with van der Waals surface area (Å²) in [5.41, 5.74) is 2.22. The SMILES string of the molecule is CCC(=O)NC(=S)Nc1cc(-c2nc3ccccc3s2)c(Cl)cc1Cl. The number of thiocarbonyl (C=S) groups is 1. The van der Waals surface area contributed by atoms with Crippen molar-refractivity contribution < 1.29 is 4.79 Å². The van der Waals surface area contributed by atoms with Crippen molar-refractivity contribution in [2.24, 2.45) is 0 Å². The number of anilines is 1. The number of hydrogen-bond donors (Lipinski definition) is 2. The van der Waals surface area contributed by atoms with E-state index in [9.17, 15) is 4.79 Å². The lowest BCUT2D eigenvalue weighted by Crippen LogP contribution is -2.33. The van der Waals surface area contributed by atoms with Crippen molar-refractivity contribution in [3.8, 4) is 10.6 Å². The summed E-state index contributed by atoms with van der Waals surface area (Å²) in [5.74, 6) is -0.172. The van der Waals surface area contributed by atoms with E-state index >= 15 is 0 Å². The second kappa shape index (κ2) is 7.66. The number of benzene rings is 2. The maximum Gasteiger partial charge on any atom is 0.225 e. The number of amides is 1. The van der Waals surface area contributed by atoms with Gasteiger partial charge in [-0.2, -0.15) is 0 Å². The molecule has 2 aromatic carbocycles. The van der Waals surface area contributed by atoms with E-state index in [1.54, 1.807) is 30.4 Å². The molecule has 0 spiro atoms. The second-order valence-electron chi connectivity index (χ2n) is 5.15. The van der Waals surface area contributed by atoms with Crippen LogP contribution in [0.2, 0.25) is 10.0 Å². The lowest BCUT2D eigenvalue weighted by molar-refractivity contribution is -0.119. The Hall–Kier alpha value is -1.73. The molecule has 0 saturated carbocycles. The van der Waals surface area contributed by atoms with Gasteiger partial charge in [0.15, 0.2) is 5.11 Å². The summed E-state index contributed by atoms with van der Waals surface area (Å²) in [6.45, 7) is 1.75. The van der Waals surface area contributed by atoms with Crippen LogP contribution in [0.15, 0.2) is 36.4 Å². The monoisotopic (exact) mass is 409 g/mol. The fourth-order valence-corrected chi connectivity index (χ4v) is 3.96. The van der Waals surface area contributed by atoms with Crippen LogP contribution in [-0.4, -0.2) is 16.0 Å². The van der Waals surface area contributed by atoms with E-state index in [4.69, 9.17) is 35.4 Å². The molecule has 0 fully saturated rings. The number of halogens is 2. The number of carbonyl (C=O) groups excluding carboxylic acids is 1. The first kappa shape index (κ1) is 18.1. The van der Waals surface area contributed by atoms with Crippen LogP contribution in [0.4, 0.5) is 5.69 Å². The van der Waals surface area contributed by atoms with Crippen LogP contribution >= 0.6 is 46.8 Å². The molecule has 1 heterocycles. The molecule has 3 rings (SSSR count). The van der Waals surface area contributed by atoms with Gasteiger partial charge in [-0.05, 0) is 36.5 Å². The van der Waals surface area contributed by atoms with E-state index in [2.05, 4.69) is 15.6 Å². The van der Waals surface area contributed by atoms with Gasteiger partial charge >= 0.3 is 0 Å². The van der Waals surface area contributed by atoms with Gasteiger partial charge in [-0.3, -0.25) is 4.79 Å². The molecule has 128 valence electrons. The highest BCUT2D eigenvalue weighted by Gasteiger charge is 2.14. The summed E-state index contributed by atoms with van der Waals surface area (Å²) >= 11 is 19.3. The minimum Gasteiger partial charge on any atom is -0.331 e. The maximum absolute atomic E-state index is 11.4. The third kappa shape index (κ3) is 4.10. The molecular formula is C17H13Cl2N3OS2. The van der Waals surface area contributed by atoms with E-state index in [0.29, 0.717) is 22.2 Å². The molecule has 3 aromatic rings. The van der Waals surface area contributed by atoms with Gasteiger partial charge in [-0.1, -0.05) is 42.3 Å². The quantitative estimate of drug-likeness (QED) is 0.561. The van der Waals surface area contributed by atoms with Gasteiger partial charge in [0.25, 0.3) is 0 Å². The fourth-order valence-electron chi connectivity index (χ4n) is 2.16. The van der Waals surface area contributed by atoms with Crippen LogP contribution in [0.1, 0.15) is 13.3 Å². The highest BCUT2D eigenvalue weighted by atomic mass is 35.5. The first-order valence-electron chi connectivity index (χ1n) is 7.43. The van der Waals surface area contributed by atoms with Crippen LogP contribution < -0.4 is 10.6 Å². The van der Waals surface area contributed by atoms with E-state index in [0.717, 1.165) is 20.8 Å². The number of thiazole rings is 1. The van der Waals surface area contributed by atoms with Crippen molar-refractivity contribution in [3.63, 3.8) is 0 Å². The summed E-state index contributed by atoms with van der Waals surface area (Å²) in [7, 11) is 0. The second-order valence-corrected chi connectivity index (χ2v) is 7.41. The topological polar surface area (TPSA) is 54.0 Å². The number of hydrogen-bond acceptors (Lipinski definition) is 4. The van der Waals surface area contributed by atoms with Crippen molar-refractivity contribution >= 4 is 73.7 Å². The molecule has 0 atom stereocenters. The van der Waals surface area contributed by atoms with Crippen molar-refractivity contribution in [1.82, 2.24) is 10.3 Å². The molecule has 4 nitrogen and oxygen atoms in total. The number of aromatic nitrogens is 1. The summed E-state index contributed by atoms with van der Waals surface area (Å²) in [5, 5.41) is 7.39. The smallest absolute Gasteiger partial charge is 0.225 e. The van der Waals surface area contributed by atoms with Gasteiger partial charge < -0.3 is 10.6 Å². The average Bonchev–Trinajstić information content (AvgIpc) is 3.00. The normalized spacial score (nSPS) is 10.7. The Balaban J connectivity index is 1.95. The van der Waals surface area contributed by atoms with E-state index < -0.39 is 0 Å². The molecule has 25 heavy (non-hydrogen) atoms. The van der Waals surface area contributed by atoms with Crippen molar-refractivity contribution in [3.05, 3.63) is 46.4 Å². The average molecular weight is 410 g/mol. The van der Waals surface area contributed by atoms with E-state index in [1.807, 2.05) is 24.3 Å². The van der Waals surface area contributed by atoms with Crippen LogP contribution in [0.5, 0.6) is 0 Å². The number of nitrogens with one attached hydrogen (secondary N) is 2. The Labute approximate surface area is 164 Å². The molecule has 1 aromatic heterocycles. The number of rotatable bonds is 3. The zero-order valence-electron chi connectivity index (χ0n) is 13.1. The summed E-state index contributed by atoms with van der Waals surface area (Å²) in [6, 6.07) is 11.3. The summed E-state index contributed by atoms with van der Waals surface area (Å²) in [6.07, 6.45) is 0.340. The third-order valence-corrected chi connectivity index (χ3v) is 5.30. The van der Waals surface area contributed by atoms with Gasteiger partial charge in [0.2, 0.25) is 5.91 Å². The van der Waals surface area contributed by atoms with Crippen LogP contribution in [-0.2, 0) is 4.79 Å². The lowest BCUT2D eigenvalue weighted by atomic mass is 10.2. The molecule has 0 aliphatic heterocycles. The highest BCUT2D eigenvalue weighted by molar-refractivity contribution is 7.80. The number of para-hydroxylation sites is 1. The van der Waals surface area contributed by atoms with Gasteiger partial charge in [0.1, 0.15) is 5.01 Å². The van der Waals surface area contributed by atoms with Gasteiger partial charge in [-0.25, -0.2) is 4.98 Å². The number of fused-ring (bicyclic) bond motifs is 1. The van der Waals surface area contributed by atoms with Crippen LogP contribution in [0, 0.1) is 0 Å². The standard InChI is InChI=1S/C17H13Cl2N3OS2/c1-2-15(23)22-17(24)21-13-7-9(10(18)8-11(13)19)16-20-12-5-3-4-6-14(12)25-16/h3-8H,2H2,1H3,(H2,21,22,23,24). The van der Waals surface area contributed by atoms with Crippen LogP contribution in [0.25, 0.3) is 20.8 Å². The Morgan fingerprint density at radius 1 is 1.24 bits per heavy atom. The Kier molecular flexibility index (Phi) is 5.54. The molecule has 0 bridgehead atoms. The fraction of sp³-hybridized carbons (Fsp3) is 0.118. The molecular weight excluding hydrogens is 397 g/mol. The Morgan fingerprint density at radius 3 is 2.72 bits per heavy atom. The zero-order valence-corrected chi connectivity index (χ0v) is 16.2. The van der Waals surface area contributed by atoms with Crippen LogP contribution in [0.3, 0.4) is 0 Å². The molecule has 0 aliphatic carbocycles.